The fourth-order valence-corrected chi connectivity index (χ4v) is 4.66. The molecule has 0 N–H and O–H groups in total. The van der Waals surface area contributed by atoms with Crippen LogP contribution in [-0.4, -0.2) is 54.3 Å². The van der Waals surface area contributed by atoms with Crippen LogP contribution in [0.3, 0.4) is 0 Å². The molecule has 3 heteroatoms. The molecule has 2 heterocycles. The van der Waals surface area contributed by atoms with E-state index in [2.05, 4.69) is 61.8 Å². The van der Waals surface area contributed by atoms with Gasteiger partial charge in [-0.2, -0.15) is 0 Å². The monoisotopic (exact) mass is 370 g/mol. The first-order valence-electron chi connectivity index (χ1n) is 11.0. The van der Waals surface area contributed by atoms with Gasteiger partial charge >= 0.3 is 0 Å². The number of nitrogens with zero attached hydrogens (tertiary/aromatic N) is 2. The van der Waals surface area contributed by atoms with Crippen LogP contribution >= 0.6 is 0 Å². The van der Waals surface area contributed by atoms with Crippen molar-refractivity contribution in [3.05, 3.63) is 35.4 Å². The van der Waals surface area contributed by atoms with Gasteiger partial charge in [-0.15, -0.1) is 0 Å². The predicted molar refractivity (Wildman–Crippen MR) is 113 cm³/mol. The normalized spacial score (nSPS) is 21.3. The van der Waals surface area contributed by atoms with Gasteiger partial charge in [0.05, 0.1) is 6.54 Å². The minimum atomic E-state index is 0.293. The van der Waals surface area contributed by atoms with E-state index in [-0.39, 0.29) is 0 Å². The molecule has 150 valence electrons. The number of rotatable bonds is 6. The Bertz CT molecular complexity index is 591. The predicted octanol–water partition coefficient (Wildman–Crippen LogP) is 4.68. The number of carbonyl (C=O) groups is 1. The first-order valence-corrected chi connectivity index (χ1v) is 11.0. The molecule has 1 aromatic rings. The lowest BCUT2D eigenvalue weighted by atomic mass is 9.87. The topological polar surface area (TPSA) is 23.6 Å². The summed E-state index contributed by atoms with van der Waals surface area (Å²) in [5.74, 6) is 2.03. The van der Waals surface area contributed by atoms with Crippen LogP contribution in [0, 0.1) is 5.92 Å². The zero-order valence-corrected chi connectivity index (χ0v) is 17.8. The number of hydrogen-bond acceptors (Lipinski definition) is 3. The Morgan fingerprint density at radius 3 is 2.04 bits per heavy atom. The molecule has 0 radical (unpaired) electrons. The van der Waals surface area contributed by atoms with Gasteiger partial charge in [-0.1, -0.05) is 38.1 Å². The van der Waals surface area contributed by atoms with E-state index < -0.39 is 0 Å². The van der Waals surface area contributed by atoms with Crippen LogP contribution in [-0.2, 0) is 4.79 Å². The van der Waals surface area contributed by atoms with Crippen molar-refractivity contribution >= 4 is 5.78 Å². The van der Waals surface area contributed by atoms with E-state index in [4.69, 9.17) is 0 Å². The van der Waals surface area contributed by atoms with E-state index in [1.807, 2.05) is 0 Å². The maximum Gasteiger partial charge on any atom is 0.149 e. The molecule has 1 aromatic carbocycles. The van der Waals surface area contributed by atoms with Crippen molar-refractivity contribution < 1.29 is 4.79 Å². The number of ketones is 1. The highest BCUT2D eigenvalue weighted by atomic mass is 16.1. The average molecular weight is 371 g/mol. The van der Waals surface area contributed by atoms with E-state index in [0.29, 0.717) is 36.1 Å². The van der Waals surface area contributed by atoms with E-state index in [1.54, 1.807) is 0 Å². The Hall–Kier alpha value is -1.19. The van der Waals surface area contributed by atoms with Crippen molar-refractivity contribution in [2.75, 3.05) is 32.7 Å². The van der Waals surface area contributed by atoms with Gasteiger partial charge in [0.1, 0.15) is 5.78 Å². The third kappa shape index (κ3) is 5.42. The Kier molecular flexibility index (Phi) is 7.10. The number of carbonyl (C=O) groups excluding carboxylic acids is 1. The van der Waals surface area contributed by atoms with Crippen LogP contribution < -0.4 is 0 Å². The van der Waals surface area contributed by atoms with Crippen molar-refractivity contribution in [2.24, 2.45) is 5.92 Å². The second kappa shape index (κ2) is 9.34. The Morgan fingerprint density at radius 2 is 1.52 bits per heavy atom. The van der Waals surface area contributed by atoms with Gasteiger partial charge in [-0.3, -0.25) is 9.69 Å². The van der Waals surface area contributed by atoms with Gasteiger partial charge in [0.2, 0.25) is 0 Å². The molecule has 3 rings (SSSR count). The second-order valence-electron chi connectivity index (χ2n) is 9.24. The fourth-order valence-electron chi connectivity index (χ4n) is 4.66. The summed E-state index contributed by atoms with van der Waals surface area (Å²) in [5, 5.41) is 0. The molecule has 0 atom stereocenters. The molecule has 2 aliphatic heterocycles. The summed E-state index contributed by atoms with van der Waals surface area (Å²) in [4.78, 5) is 17.6. The van der Waals surface area contributed by atoms with Gasteiger partial charge < -0.3 is 4.90 Å². The zero-order chi connectivity index (χ0) is 19.4. The summed E-state index contributed by atoms with van der Waals surface area (Å²) < 4.78 is 0. The Balaban J connectivity index is 1.43. The lowest BCUT2D eigenvalue weighted by Crippen LogP contribution is -2.43. The van der Waals surface area contributed by atoms with Crippen LogP contribution in [0.15, 0.2) is 24.3 Å². The van der Waals surface area contributed by atoms with Crippen molar-refractivity contribution in [3.63, 3.8) is 0 Å². The molecule has 3 nitrogen and oxygen atoms in total. The summed E-state index contributed by atoms with van der Waals surface area (Å²) in [6.07, 6.45) is 4.46. The summed E-state index contributed by atoms with van der Waals surface area (Å²) in [6.45, 7) is 14.0. The smallest absolute Gasteiger partial charge is 0.149 e. The van der Waals surface area contributed by atoms with Gasteiger partial charge in [0.15, 0.2) is 0 Å². The fraction of sp³-hybridized carbons (Fsp3) is 0.708. The molecule has 27 heavy (non-hydrogen) atoms. The molecule has 2 aliphatic rings. The van der Waals surface area contributed by atoms with Gasteiger partial charge in [0, 0.05) is 12.0 Å². The van der Waals surface area contributed by atoms with E-state index >= 15 is 0 Å². The molecule has 0 spiro atoms. The molecule has 0 bridgehead atoms. The number of benzene rings is 1. The maximum absolute atomic E-state index is 12.7. The first-order chi connectivity index (χ1) is 12.9. The van der Waals surface area contributed by atoms with Crippen LogP contribution in [0.1, 0.15) is 76.3 Å². The van der Waals surface area contributed by atoms with Crippen LogP contribution in [0.4, 0.5) is 0 Å². The molecular weight excluding hydrogens is 332 g/mol. The van der Waals surface area contributed by atoms with Crippen LogP contribution in [0.25, 0.3) is 0 Å². The van der Waals surface area contributed by atoms with Crippen LogP contribution in [0.2, 0.25) is 0 Å². The minimum Gasteiger partial charge on any atom is -0.301 e. The molecule has 0 amide bonds. The highest BCUT2D eigenvalue weighted by molar-refractivity contribution is 5.83. The first kappa shape index (κ1) is 20.5. The zero-order valence-electron chi connectivity index (χ0n) is 17.8. The largest absolute Gasteiger partial charge is 0.301 e. The lowest BCUT2D eigenvalue weighted by Gasteiger charge is -2.36. The number of piperidine rings is 2. The lowest BCUT2D eigenvalue weighted by molar-refractivity contribution is -0.125. The number of Topliss-reactive ketones (excluding diaryl/α,β-unsaturated/α-hetero) is 1. The van der Waals surface area contributed by atoms with Crippen LogP contribution in [0.5, 0.6) is 0 Å². The highest BCUT2D eigenvalue weighted by Gasteiger charge is 2.28. The van der Waals surface area contributed by atoms with Gasteiger partial charge in [-0.05, 0) is 88.7 Å². The molecule has 0 aliphatic carbocycles. The van der Waals surface area contributed by atoms with Gasteiger partial charge in [-0.25, -0.2) is 0 Å². The minimum absolute atomic E-state index is 0.293. The molecular formula is C24H38N2O. The quantitative estimate of drug-likeness (QED) is 0.726. The second-order valence-corrected chi connectivity index (χ2v) is 9.24. The highest BCUT2D eigenvalue weighted by Crippen LogP contribution is 2.29. The molecule has 0 saturated carbocycles. The van der Waals surface area contributed by atoms with Crippen molar-refractivity contribution in [2.45, 2.75) is 71.3 Å². The third-order valence-corrected chi connectivity index (χ3v) is 6.76. The average Bonchev–Trinajstić information content (AvgIpc) is 2.68. The van der Waals surface area contributed by atoms with E-state index in [1.165, 1.54) is 24.0 Å². The van der Waals surface area contributed by atoms with E-state index in [9.17, 15) is 4.79 Å². The standard InChI is InChI=1S/C24H38N2O/c1-18(2)20-5-7-21(8-6-20)22-9-13-25(14-10-22)17-24(27)23-11-15-26(16-12-23)19(3)4/h5-8,18-19,22-23H,9-17H2,1-4H3. The number of likely N-dealkylation sites (tertiary alicyclic amines) is 2. The summed E-state index contributed by atoms with van der Waals surface area (Å²) >= 11 is 0. The summed E-state index contributed by atoms with van der Waals surface area (Å²) in [7, 11) is 0. The summed E-state index contributed by atoms with van der Waals surface area (Å²) in [6, 6.07) is 9.83. The van der Waals surface area contributed by atoms with E-state index in [0.717, 1.165) is 39.0 Å². The molecule has 2 saturated heterocycles. The van der Waals surface area contributed by atoms with Gasteiger partial charge in [0.25, 0.3) is 0 Å². The molecule has 2 fully saturated rings. The number of hydrogen-bond donors (Lipinski definition) is 0. The summed E-state index contributed by atoms with van der Waals surface area (Å²) in [5.41, 5.74) is 2.90. The van der Waals surface area contributed by atoms with Crippen molar-refractivity contribution in [1.29, 1.82) is 0 Å². The molecule has 0 aromatic heterocycles. The maximum atomic E-state index is 12.7. The molecule has 0 unspecified atom stereocenters. The Morgan fingerprint density at radius 1 is 0.926 bits per heavy atom. The third-order valence-electron chi connectivity index (χ3n) is 6.76. The SMILES string of the molecule is CC(C)c1ccc(C2CCN(CC(=O)C3CCN(C(C)C)CC3)CC2)cc1. The van der Waals surface area contributed by atoms with Crippen molar-refractivity contribution in [1.82, 2.24) is 9.80 Å². The Labute approximate surface area is 166 Å². The van der Waals surface area contributed by atoms with Crippen molar-refractivity contribution in [3.8, 4) is 0 Å².